The zero-order chi connectivity index (χ0) is 39.8. The molecule has 1 amide bonds. The summed E-state index contributed by atoms with van der Waals surface area (Å²) in [5.74, 6) is 2.38. The van der Waals surface area contributed by atoms with Crippen LogP contribution in [0.25, 0.3) is 32.9 Å². The first-order chi connectivity index (χ1) is 27.4. The molecule has 9 rings (SSSR count). The second-order valence-electron chi connectivity index (χ2n) is 16.5. The number of methoxy groups -OCH3 is 1. The average molecular weight is 976 g/mol. The van der Waals surface area contributed by atoms with Crippen LogP contribution in [0.3, 0.4) is 0 Å². The van der Waals surface area contributed by atoms with E-state index < -0.39 is 41.1 Å². The van der Waals surface area contributed by atoms with Crippen molar-refractivity contribution in [2.75, 3.05) is 51.7 Å². The van der Waals surface area contributed by atoms with Gasteiger partial charge in [0.2, 0.25) is 0 Å². The molecule has 0 unspecified atom stereocenters. The summed E-state index contributed by atoms with van der Waals surface area (Å²) in [7, 11) is 1.49. The molecular weight excluding hydrogens is 934 g/mol. The molecule has 5 atom stereocenters. The number of halogens is 3. The molecule has 4 saturated heterocycles. The van der Waals surface area contributed by atoms with E-state index in [9.17, 15) is 9.18 Å². The summed E-state index contributed by atoms with van der Waals surface area (Å²) in [4.78, 5) is 34.1. The Kier molecular flexibility index (Phi) is 9.83. The van der Waals surface area contributed by atoms with Gasteiger partial charge in [0, 0.05) is 13.0 Å². The van der Waals surface area contributed by atoms with Gasteiger partial charge >= 0.3 is 232 Å². The first kappa shape index (κ1) is 38.4. The van der Waals surface area contributed by atoms with Crippen LogP contribution in [0.5, 0.6) is 17.6 Å². The maximum absolute atomic E-state index is 17.6. The standard InChI is InChI=1S/C41H42F3N6O6.Tl/c1-6-26-28(43)10-8-22-14-25(55-21-52-5)15-27(31(22)26)34-33(44)35-32-36(47-38(46-35)54-20-41-12-7-13-48(41)17-23(42)16-41)49-18-24-9-11-29(30(49)19-53-37(32)45-34)50(24)39(51)56-40(2,3)4;/h8,10,14-15,23-24,29-30H,7,9,11-13,16-21H2,2-5H3;/t23-,24+,29-,30-,41+;/m0./s1. The number of pyridine rings is 1. The predicted octanol–water partition coefficient (Wildman–Crippen LogP) is 5.89. The number of alkyl halides is 1. The number of hydrogen-bond donors (Lipinski definition) is 0. The van der Waals surface area contributed by atoms with Crippen molar-refractivity contribution in [3.8, 4) is 38.3 Å². The van der Waals surface area contributed by atoms with Gasteiger partial charge in [-0.2, -0.15) is 0 Å². The number of fused-ring (bicyclic) bond motifs is 7. The molecule has 0 aliphatic carbocycles. The third-order valence-corrected chi connectivity index (χ3v) is 12.4. The molecule has 5 aliphatic rings. The van der Waals surface area contributed by atoms with Crippen molar-refractivity contribution in [1.82, 2.24) is 24.8 Å². The van der Waals surface area contributed by atoms with E-state index in [4.69, 9.17) is 38.6 Å². The summed E-state index contributed by atoms with van der Waals surface area (Å²) in [6.45, 7) is 7.17. The number of nitrogens with zero attached hydrogens (tertiary/aromatic N) is 6. The quantitative estimate of drug-likeness (QED) is 0.126. The molecule has 0 radical (unpaired) electrons. The van der Waals surface area contributed by atoms with Crippen molar-refractivity contribution >= 4 is 59.4 Å². The van der Waals surface area contributed by atoms with Crippen LogP contribution in [-0.4, -0.2) is 139 Å². The number of aromatic nitrogens is 3. The normalized spacial score (nSPS) is 25.1. The van der Waals surface area contributed by atoms with Crippen LogP contribution in [0.15, 0.2) is 24.3 Å². The number of benzene rings is 2. The number of amides is 1. The zero-order valence-electron chi connectivity index (χ0n) is 32.2. The van der Waals surface area contributed by atoms with E-state index >= 15 is 8.78 Å². The molecule has 7 heterocycles. The molecule has 2 aromatic heterocycles. The number of carbonyl (C=O) groups is 1. The Morgan fingerprint density at radius 3 is 2.72 bits per heavy atom. The number of rotatable bonds is 7. The zero-order valence-corrected chi connectivity index (χ0v) is 36.7. The van der Waals surface area contributed by atoms with E-state index in [2.05, 4.69) is 19.2 Å². The van der Waals surface area contributed by atoms with Crippen molar-refractivity contribution in [3.05, 3.63) is 41.5 Å². The number of carbonyl (C=O) groups excluding carboxylic acids is 1. The second kappa shape index (κ2) is 14.6. The van der Waals surface area contributed by atoms with Gasteiger partial charge in [-0.25, -0.2) is 9.18 Å². The average Bonchev–Trinajstić information content (AvgIpc) is 3.78. The van der Waals surface area contributed by atoms with Crippen LogP contribution in [0.4, 0.5) is 23.8 Å². The van der Waals surface area contributed by atoms with E-state index in [1.807, 2.05) is 25.7 Å². The minimum absolute atomic E-state index is 0.0674. The summed E-state index contributed by atoms with van der Waals surface area (Å²) in [5, 5.41) is 1.17. The van der Waals surface area contributed by atoms with Crippen molar-refractivity contribution in [2.45, 2.75) is 88.3 Å². The molecule has 2 bridgehead atoms. The Morgan fingerprint density at radius 1 is 1.09 bits per heavy atom. The fraction of sp³-hybridized carbons (Fsp3) is 0.512. The Balaban J connectivity index is 1.22. The topological polar surface area (TPSA) is 112 Å². The van der Waals surface area contributed by atoms with Crippen LogP contribution in [0.2, 0.25) is 0 Å². The van der Waals surface area contributed by atoms with E-state index in [0.717, 1.165) is 25.8 Å². The van der Waals surface area contributed by atoms with Crippen LogP contribution in [-0.2, 0) is 9.47 Å². The number of piperazine rings is 1. The summed E-state index contributed by atoms with van der Waals surface area (Å²) in [6.07, 6.45) is 2.11. The van der Waals surface area contributed by atoms with Gasteiger partial charge in [0.25, 0.3) is 0 Å². The summed E-state index contributed by atoms with van der Waals surface area (Å²) in [5.41, 5.74) is -1.11. The molecule has 5 aliphatic heterocycles. The molecule has 12 nitrogen and oxygen atoms in total. The Hall–Kier alpha value is -4.15. The summed E-state index contributed by atoms with van der Waals surface area (Å²) < 4.78 is 80.7. The van der Waals surface area contributed by atoms with E-state index in [1.54, 1.807) is 18.2 Å². The van der Waals surface area contributed by atoms with Crippen molar-refractivity contribution in [3.63, 3.8) is 0 Å². The van der Waals surface area contributed by atoms with Crippen molar-refractivity contribution in [1.29, 1.82) is 0 Å². The van der Waals surface area contributed by atoms with E-state index in [1.165, 1.54) is 13.2 Å². The van der Waals surface area contributed by atoms with E-state index in [0.29, 0.717) is 48.3 Å². The molecule has 296 valence electrons. The monoisotopic (exact) mass is 976 g/mol. The SMILES string of the molecule is COCOc1cc(-c2nc3c4c(nc(OC[C@]56CCCN5C[C@@H](F)C6)nc4c2F)N2C[C@H]4CC[C@@H]([C@@H]2CO3)N4C(=O)OC(C)(C)C)c2c(C#[C][Tl])c(F)ccc2c1. The fourth-order valence-corrected chi connectivity index (χ4v) is 10.1. The minimum atomic E-state index is -0.965. The van der Waals surface area contributed by atoms with Crippen LogP contribution in [0.1, 0.15) is 58.4 Å². The first-order valence-electron chi connectivity index (χ1n) is 19.3. The predicted molar refractivity (Wildman–Crippen MR) is 205 cm³/mol. The summed E-state index contributed by atoms with van der Waals surface area (Å²) in [6, 6.07) is 5.26. The number of hydrogen-bond acceptors (Lipinski definition) is 11. The van der Waals surface area contributed by atoms with Gasteiger partial charge in [0.15, 0.2) is 0 Å². The molecule has 4 fully saturated rings. The fourth-order valence-electron chi connectivity index (χ4n) is 9.56. The van der Waals surface area contributed by atoms with Gasteiger partial charge in [-0.05, 0) is 53.0 Å². The molecular formula is C41H42F3N6O6Tl. The molecule has 4 aromatic rings. The van der Waals surface area contributed by atoms with Gasteiger partial charge in [0.1, 0.15) is 11.8 Å². The molecule has 57 heavy (non-hydrogen) atoms. The number of ether oxygens (including phenoxy) is 5. The molecule has 0 N–H and O–H groups in total. The third-order valence-electron chi connectivity index (χ3n) is 11.8. The maximum atomic E-state index is 17.6. The summed E-state index contributed by atoms with van der Waals surface area (Å²) >= 11 is 0.263. The van der Waals surface area contributed by atoms with Gasteiger partial charge < -0.3 is 4.74 Å². The van der Waals surface area contributed by atoms with Gasteiger partial charge in [-0.3, -0.25) is 9.80 Å². The third kappa shape index (κ3) is 6.68. The molecule has 2 aromatic carbocycles. The van der Waals surface area contributed by atoms with Gasteiger partial charge in [-0.1, -0.05) is 0 Å². The molecule has 16 heteroatoms. The van der Waals surface area contributed by atoms with Gasteiger partial charge in [-0.15, -0.1) is 0 Å². The van der Waals surface area contributed by atoms with Crippen LogP contribution < -0.4 is 19.1 Å². The van der Waals surface area contributed by atoms with Crippen LogP contribution >= 0.6 is 0 Å². The Morgan fingerprint density at radius 2 is 1.93 bits per heavy atom. The van der Waals surface area contributed by atoms with Crippen molar-refractivity contribution in [2.24, 2.45) is 0 Å². The van der Waals surface area contributed by atoms with E-state index in [-0.39, 0.29) is 97.5 Å². The van der Waals surface area contributed by atoms with Crippen LogP contribution in [0, 0.1) is 21.0 Å². The second-order valence-corrected chi connectivity index (χ2v) is 17.6. The van der Waals surface area contributed by atoms with Gasteiger partial charge in [0.05, 0.1) is 11.6 Å². The Labute approximate surface area is 344 Å². The molecule has 0 spiro atoms. The Bertz CT molecular complexity index is 2350. The van der Waals surface area contributed by atoms with Crippen molar-refractivity contribution < 1.29 is 41.7 Å². The molecule has 0 saturated carbocycles. The number of anilines is 1. The first-order valence-corrected chi connectivity index (χ1v) is 21.6.